The molecular formula is C13H20BrN3O2. The third-order valence-corrected chi connectivity index (χ3v) is 3.88. The van der Waals surface area contributed by atoms with Gasteiger partial charge in [-0.2, -0.15) is 0 Å². The molecule has 0 saturated heterocycles. The van der Waals surface area contributed by atoms with E-state index in [1.54, 1.807) is 6.92 Å². The van der Waals surface area contributed by atoms with Crippen molar-refractivity contribution in [3.05, 3.63) is 26.6 Å². The number of anilines is 1. The number of nitrogen functional groups attached to an aromatic ring is 1. The first-order valence-corrected chi connectivity index (χ1v) is 7.10. The molecule has 0 radical (unpaired) electrons. The van der Waals surface area contributed by atoms with Crippen LogP contribution in [0.15, 0.2) is 15.5 Å². The monoisotopic (exact) mass is 329 g/mol. The van der Waals surface area contributed by atoms with Crippen LogP contribution in [0.2, 0.25) is 0 Å². The van der Waals surface area contributed by atoms with Gasteiger partial charge in [-0.3, -0.25) is 9.59 Å². The third-order valence-electron chi connectivity index (χ3n) is 2.95. The standard InChI is InChI=1S/C13H20BrN3O2/c1-4-5-8(2)16-11(18)7-17-6-10(15)9(3)12(14)13(17)19/h6,8H,4-5,7,15H2,1-3H3,(H,16,18). The Hall–Kier alpha value is -1.30. The molecule has 0 bridgehead atoms. The highest BCUT2D eigenvalue weighted by Gasteiger charge is 2.12. The number of halogens is 1. The van der Waals surface area contributed by atoms with Crippen LogP contribution in [0.25, 0.3) is 0 Å². The summed E-state index contributed by atoms with van der Waals surface area (Å²) < 4.78 is 1.72. The van der Waals surface area contributed by atoms with Gasteiger partial charge in [0.15, 0.2) is 0 Å². The Morgan fingerprint density at radius 3 is 2.79 bits per heavy atom. The predicted octanol–water partition coefficient (Wildman–Crippen LogP) is 1.81. The Balaban J connectivity index is 2.83. The predicted molar refractivity (Wildman–Crippen MR) is 80.1 cm³/mol. The summed E-state index contributed by atoms with van der Waals surface area (Å²) in [5.41, 5.74) is 6.73. The summed E-state index contributed by atoms with van der Waals surface area (Å²) in [6.07, 6.45) is 3.43. The van der Waals surface area contributed by atoms with Gasteiger partial charge in [0.2, 0.25) is 5.91 Å². The van der Waals surface area contributed by atoms with Gasteiger partial charge in [0, 0.05) is 12.2 Å². The average molecular weight is 330 g/mol. The molecule has 1 unspecified atom stereocenters. The van der Waals surface area contributed by atoms with E-state index in [9.17, 15) is 9.59 Å². The van der Waals surface area contributed by atoms with E-state index in [-0.39, 0.29) is 24.1 Å². The number of carbonyl (C=O) groups is 1. The smallest absolute Gasteiger partial charge is 0.265 e. The minimum atomic E-state index is -0.245. The second kappa shape index (κ2) is 6.75. The summed E-state index contributed by atoms with van der Waals surface area (Å²) in [6.45, 7) is 5.75. The van der Waals surface area contributed by atoms with Gasteiger partial charge in [-0.25, -0.2) is 0 Å². The molecule has 1 amide bonds. The van der Waals surface area contributed by atoms with Crippen molar-refractivity contribution in [2.45, 2.75) is 46.2 Å². The van der Waals surface area contributed by atoms with E-state index in [0.717, 1.165) is 12.8 Å². The number of nitrogens with zero attached hydrogens (tertiary/aromatic N) is 1. The molecule has 1 rings (SSSR count). The van der Waals surface area contributed by atoms with Crippen LogP contribution in [-0.4, -0.2) is 16.5 Å². The van der Waals surface area contributed by atoms with Gasteiger partial charge >= 0.3 is 0 Å². The van der Waals surface area contributed by atoms with Crippen LogP contribution in [0.3, 0.4) is 0 Å². The molecular weight excluding hydrogens is 310 g/mol. The van der Waals surface area contributed by atoms with Gasteiger partial charge in [0.25, 0.3) is 5.56 Å². The second-order valence-electron chi connectivity index (χ2n) is 4.71. The van der Waals surface area contributed by atoms with Crippen LogP contribution in [-0.2, 0) is 11.3 Å². The summed E-state index contributed by atoms with van der Waals surface area (Å²) in [5.74, 6) is -0.182. The highest BCUT2D eigenvalue weighted by Crippen LogP contribution is 2.16. The minimum absolute atomic E-state index is 0.0179. The zero-order valence-electron chi connectivity index (χ0n) is 11.5. The number of pyridine rings is 1. The molecule has 3 N–H and O–H groups in total. The number of carbonyl (C=O) groups excluding carboxylic acids is 1. The lowest BCUT2D eigenvalue weighted by Crippen LogP contribution is -2.37. The van der Waals surface area contributed by atoms with E-state index in [4.69, 9.17) is 5.73 Å². The number of nitrogens with two attached hydrogens (primary N) is 1. The molecule has 0 aliphatic rings. The zero-order chi connectivity index (χ0) is 14.6. The largest absolute Gasteiger partial charge is 0.397 e. The van der Waals surface area contributed by atoms with Gasteiger partial charge in [-0.05, 0) is 41.8 Å². The Bertz CT molecular complexity index is 525. The summed E-state index contributed by atoms with van der Waals surface area (Å²) in [4.78, 5) is 23.8. The number of amides is 1. The van der Waals surface area contributed by atoms with Crippen LogP contribution in [0.4, 0.5) is 5.69 Å². The minimum Gasteiger partial charge on any atom is -0.397 e. The van der Waals surface area contributed by atoms with Gasteiger partial charge in [-0.1, -0.05) is 13.3 Å². The van der Waals surface area contributed by atoms with Crippen molar-refractivity contribution in [1.82, 2.24) is 9.88 Å². The molecule has 0 saturated carbocycles. The number of hydrogen-bond donors (Lipinski definition) is 2. The maximum Gasteiger partial charge on any atom is 0.265 e. The van der Waals surface area contributed by atoms with Gasteiger partial charge < -0.3 is 15.6 Å². The lowest BCUT2D eigenvalue weighted by atomic mass is 10.2. The van der Waals surface area contributed by atoms with Crippen LogP contribution >= 0.6 is 15.9 Å². The van der Waals surface area contributed by atoms with Crippen molar-refractivity contribution < 1.29 is 4.79 Å². The first-order chi connectivity index (χ1) is 8.86. The lowest BCUT2D eigenvalue weighted by Gasteiger charge is -2.14. The van der Waals surface area contributed by atoms with Gasteiger partial charge in [-0.15, -0.1) is 0 Å². The van der Waals surface area contributed by atoms with Crippen LogP contribution < -0.4 is 16.6 Å². The molecule has 1 heterocycles. The topological polar surface area (TPSA) is 77.1 Å². The molecule has 5 nitrogen and oxygen atoms in total. The van der Waals surface area contributed by atoms with Crippen molar-refractivity contribution in [2.24, 2.45) is 0 Å². The summed E-state index contributed by atoms with van der Waals surface area (Å²) in [5, 5.41) is 2.86. The van der Waals surface area contributed by atoms with Crippen molar-refractivity contribution in [3.63, 3.8) is 0 Å². The van der Waals surface area contributed by atoms with Crippen molar-refractivity contribution in [2.75, 3.05) is 5.73 Å². The summed E-state index contributed by atoms with van der Waals surface area (Å²) >= 11 is 3.20. The van der Waals surface area contributed by atoms with Gasteiger partial charge in [0.1, 0.15) is 6.54 Å². The van der Waals surface area contributed by atoms with Crippen LogP contribution in [0.1, 0.15) is 32.3 Å². The quantitative estimate of drug-likeness (QED) is 0.864. The lowest BCUT2D eigenvalue weighted by molar-refractivity contribution is -0.122. The zero-order valence-corrected chi connectivity index (χ0v) is 13.1. The highest BCUT2D eigenvalue weighted by atomic mass is 79.9. The number of hydrogen-bond acceptors (Lipinski definition) is 3. The Labute approximate surface area is 121 Å². The molecule has 106 valence electrons. The molecule has 6 heteroatoms. The molecule has 1 aromatic rings. The number of nitrogens with one attached hydrogen (secondary N) is 1. The normalized spacial score (nSPS) is 12.2. The molecule has 0 fully saturated rings. The van der Waals surface area contributed by atoms with E-state index in [1.165, 1.54) is 10.8 Å². The van der Waals surface area contributed by atoms with Gasteiger partial charge in [0.05, 0.1) is 10.2 Å². The van der Waals surface area contributed by atoms with E-state index in [0.29, 0.717) is 15.7 Å². The maximum atomic E-state index is 12.0. The molecule has 1 atom stereocenters. The fraction of sp³-hybridized carbons (Fsp3) is 0.538. The molecule has 0 aliphatic carbocycles. The SMILES string of the molecule is CCCC(C)NC(=O)Cn1cc(N)c(C)c(Br)c1=O. The second-order valence-corrected chi connectivity index (χ2v) is 5.51. The fourth-order valence-corrected chi connectivity index (χ4v) is 2.29. The molecule has 0 spiro atoms. The van der Waals surface area contributed by atoms with Crippen LogP contribution in [0.5, 0.6) is 0 Å². The average Bonchev–Trinajstić information content (AvgIpc) is 2.33. The number of rotatable bonds is 5. The molecule has 19 heavy (non-hydrogen) atoms. The third kappa shape index (κ3) is 4.09. The number of aromatic nitrogens is 1. The fourth-order valence-electron chi connectivity index (χ4n) is 1.83. The van der Waals surface area contributed by atoms with E-state index >= 15 is 0 Å². The summed E-state index contributed by atoms with van der Waals surface area (Å²) in [6, 6.07) is 0.111. The van der Waals surface area contributed by atoms with E-state index < -0.39 is 0 Å². The highest BCUT2D eigenvalue weighted by molar-refractivity contribution is 9.10. The first kappa shape index (κ1) is 15.8. The molecule has 1 aromatic heterocycles. The maximum absolute atomic E-state index is 12.0. The van der Waals surface area contributed by atoms with Crippen molar-refractivity contribution in [1.29, 1.82) is 0 Å². The Kier molecular flexibility index (Phi) is 5.60. The Morgan fingerprint density at radius 2 is 2.21 bits per heavy atom. The van der Waals surface area contributed by atoms with Crippen LogP contribution in [0, 0.1) is 6.92 Å². The summed E-state index contributed by atoms with van der Waals surface area (Å²) in [7, 11) is 0. The van der Waals surface area contributed by atoms with Crippen molar-refractivity contribution in [3.8, 4) is 0 Å². The first-order valence-electron chi connectivity index (χ1n) is 6.31. The molecule has 0 aliphatic heterocycles. The van der Waals surface area contributed by atoms with E-state index in [1.807, 2.05) is 6.92 Å². The molecule has 0 aromatic carbocycles. The van der Waals surface area contributed by atoms with Crippen molar-refractivity contribution >= 4 is 27.5 Å². The Morgan fingerprint density at radius 1 is 1.58 bits per heavy atom. The van der Waals surface area contributed by atoms with E-state index in [2.05, 4.69) is 28.2 Å².